The van der Waals surface area contributed by atoms with Gasteiger partial charge in [0.25, 0.3) is 5.91 Å². The average Bonchev–Trinajstić information content (AvgIpc) is 3.46. The number of amides is 1. The number of nitrogens with zero attached hydrogens (tertiary/aromatic N) is 3. The molecule has 3 fully saturated rings. The monoisotopic (exact) mass is 542 g/mol. The molecular formula is C27H29BrF2N4O. The zero-order valence-electron chi connectivity index (χ0n) is 19.6. The predicted molar refractivity (Wildman–Crippen MR) is 137 cm³/mol. The fraction of sp³-hybridized carbons (Fsp3) is 0.481. The van der Waals surface area contributed by atoms with Crippen LogP contribution >= 0.6 is 15.9 Å². The molecule has 2 heterocycles. The molecule has 5 nitrogen and oxygen atoms in total. The third-order valence-corrected chi connectivity index (χ3v) is 8.71. The molecule has 3 aliphatic rings. The lowest BCUT2D eigenvalue weighted by Crippen LogP contribution is -2.35. The second-order valence-electron chi connectivity index (χ2n) is 10.6. The summed E-state index contributed by atoms with van der Waals surface area (Å²) in [4.78, 5) is 15.7. The minimum Gasteiger partial charge on any atom is -0.371 e. The van der Waals surface area contributed by atoms with E-state index in [2.05, 4.69) is 31.2 Å². The summed E-state index contributed by atoms with van der Waals surface area (Å²) < 4.78 is 30.1. The van der Waals surface area contributed by atoms with Gasteiger partial charge < -0.3 is 10.2 Å². The minimum atomic E-state index is -2.57. The van der Waals surface area contributed by atoms with Crippen molar-refractivity contribution in [1.82, 2.24) is 9.78 Å². The molecule has 1 aromatic heterocycles. The Bertz CT molecular complexity index is 1270. The molecule has 0 unspecified atom stereocenters. The third-order valence-electron chi connectivity index (χ3n) is 8.22. The van der Waals surface area contributed by atoms with E-state index in [0.29, 0.717) is 29.5 Å². The maximum Gasteiger partial charge on any atom is 0.257 e. The largest absolute Gasteiger partial charge is 0.371 e. The van der Waals surface area contributed by atoms with Gasteiger partial charge in [0.1, 0.15) is 0 Å². The van der Waals surface area contributed by atoms with Crippen molar-refractivity contribution in [2.75, 3.05) is 23.3 Å². The molecule has 1 spiro atoms. The van der Waals surface area contributed by atoms with E-state index in [1.54, 1.807) is 6.20 Å². The van der Waals surface area contributed by atoms with Crippen LogP contribution in [0.15, 0.2) is 47.1 Å². The van der Waals surface area contributed by atoms with Crippen molar-refractivity contribution in [2.24, 2.45) is 5.41 Å². The molecule has 8 heteroatoms. The summed E-state index contributed by atoms with van der Waals surface area (Å²) in [6, 6.07) is 11.5. The highest BCUT2D eigenvalue weighted by Crippen LogP contribution is 2.54. The van der Waals surface area contributed by atoms with Gasteiger partial charge in [-0.05, 0) is 80.3 Å². The molecule has 3 aromatic rings. The fourth-order valence-corrected chi connectivity index (χ4v) is 6.08. The first-order valence-electron chi connectivity index (χ1n) is 12.5. The lowest BCUT2D eigenvalue weighted by molar-refractivity contribution is -0.0446. The highest BCUT2D eigenvalue weighted by molar-refractivity contribution is 9.10. The van der Waals surface area contributed by atoms with Gasteiger partial charge in [-0.1, -0.05) is 15.9 Å². The van der Waals surface area contributed by atoms with Crippen molar-refractivity contribution in [3.05, 3.63) is 52.6 Å². The van der Waals surface area contributed by atoms with Crippen LogP contribution in [0.5, 0.6) is 0 Å². The Hall–Kier alpha value is -2.48. The topological polar surface area (TPSA) is 50.2 Å². The number of hydrogen-bond donors (Lipinski definition) is 1. The van der Waals surface area contributed by atoms with Crippen LogP contribution in [-0.2, 0) is 0 Å². The van der Waals surface area contributed by atoms with Gasteiger partial charge in [0, 0.05) is 41.5 Å². The van der Waals surface area contributed by atoms with Crippen LogP contribution in [0.3, 0.4) is 0 Å². The summed E-state index contributed by atoms with van der Waals surface area (Å²) in [6.07, 6.45) is 7.41. The quantitative estimate of drug-likeness (QED) is 0.379. The number of carbonyl (C=O) groups excluding carboxylic acids is 1. The Kier molecular flexibility index (Phi) is 5.62. The molecule has 184 valence electrons. The van der Waals surface area contributed by atoms with Gasteiger partial charge in [-0.2, -0.15) is 5.10 Å². The van der Waals surface area contributed by atoms with Crippen LogP contribution in [0.25, 0.3) is 10.9 Å². The first kappa shape index (κ1) is 23.0. The van der Waals surface area contributed by atoms with Crippen LogP contribution in [0.4, 0.5) is 20.2 Å². The molecule has 2 aliphatic carbocycles. The first-order chi connectivity index (χ1) is 16.8. The number of nitrogens with one attached hydrogen (secondary N) is 1. The minimum absolute atomic E-state index is 0.0509. The van der Waals surface area contributed by atoms with Gasteiger partial charge in [-0.15, -0.1) is 0 Å². The molecule has 1 saturated heterocycles. The smallest absolute Gasteiger partial charge is 0.257 e. The zero-order valence-corrected chi connectivity index (χ0v) is 21.2. The molecule has 2 saturated carbocycles. The van der Waals surface area contributed by atoms with Crippen molar-refractivity contribution in [2.45, 2.75) is 63.3 Å². The van der Waals surface area contributed by atoms with Crippen molar-refractivity contribution >= 4 is 44.1 Å². The lowest BCUT2D eigenvalue weighted by Gasteiger charge is -2.35. The number of piperidine rings is 1. The normalized spacial score (nSPS) is 21.4. The third kappa shape index (κ3) is 4.57. The van der Waals surface area contributed by atoms with E-state index in [0.717, 1.165) is 34.2 Å². The standard InChI is InChI=1S/C27H29BrF2N4O/c28-19-2-4-22(24(15-19)33-13-11-26(9-10-26)12-14-33)25(35)32-20-3-1-18-17-31-34(23(18)16-20)21-5-7-27(29,30)8-6-21/h1-4,15-17,21H,5-14H2,(H,32,35). The van der Waals surface area contributed by atoms with Crippen molar-refractivity contribution in [3.63, 3.8) is 0 Å². The Balaban J connectivity index is 1.23. The number of alkyl halides is 2. The van der Waals surface area contributed by atoms with E-state index < -0.39 is 5.92 Å². The van der Waals surface area contributed by atoms with Crippen molar-refractivity contribution in [3.8, 4) is 0 Å². The number of hydrogen-bond acceptors (Lipinski definition) is 3. The van der Waals surface area contributed by atoms with Gasteiger partial charge in [-0.25, -0.2) is 8.78 Å². The van der Waals surface area contributed by atoms with Crippen LogP contribution in [0, 0.1) is 5.41 Å². The van der Waals surface area contributed by atoms with Crippen LogP contribution in [-0.4, -0.2) is 34.7 Å². The second-order valence-corrected chi connectivity index (χ2v) is 11.5. The predicted octanol–water partition coefficient (Wildman–Crippen LogP) is 7.18. The molecule has 35 heavy (non-hydrogen) atoms. The van der Waals surface area contributed by atoms with Crippen LogP contribution in [0.1, 0.15) is 67.8 Å². The number of anilines is 2. The van der Waals surface area contributed by atoms with E-state index in [-0.39, 0.29) is 24.8 Å². The summed E-state index contributed by atoms with van der Waals surface area (Å²) in [5.41, 5.74) is 3.72. The first-order valence-corrected chi connectivity index (χ1v) is 13.3. The highest BCUT2D eigenvalue weighted by Gasteiger charge is 2.44. The molecule has 1 N–H and O–H groups in total. The van der Waals surface area contributed by atoms with Gasteiger partial charge >= 0.3 is 0 Å². The van der Waals surface area contributed by atoms with E-state index in [4.69, 9.17) is 0 Å². The summed E-state index contributed by atoms with van der Waals surface area (Å²) in [7, 11) is 0. The second kappa shape index (κ2) is 8.57. The lowest BCUT2D eigenvalue weighted by atomic mass is 9.92. The maximum atomic E-state index is 13.7. The SMILES string of the molecule is O=C(Nc1ccc2cnn(C3CCC(F)(F)CC3)c2c1)c1ccc(Br)cc1N1CCC2(CC1)CC2. The zero-order chi connectivity index (χ0) is 24.2. The number of benzene rings is 2. The fourth-order valence-electron chi connectivity index (χ4n) is 5.73. The van der Waals surface area contributed by atoms with Crippen molar-refractivity contribution in [1.29, 1.82) is 0 Å². The Morgan fingerprint density at radius 1 is 1.00 bits per heavy atom. The van der Waals surface area contributed by atoms with E-state index in [9.17, 15) is 13.6 Å². The Labute approximate surface area is 212 Å². The summed E-state index contributed by atoms with van der Waals surface area (Å²) in [5, 5.41) is 8.50. The summed E-state index contributed by atoms with van der Waals surface area (Å²) >= 11 is 3.57. The molecule has 1 amide bonds. The molecule has 6 rings (SSSR count). The molecule has 0 atom stereocenters. The summed E-state index contributed by atoms with van der Waals surface area (Å²) in [6.45, 7) is 1.95. The number of halogens is 3. The van der Waals surface area contributed by atoms with Crippen LogP contribution in [0.2, 0.25) is 0 Å². The van der Waals surface area contributed by atoms with Gasteiger partial charge in [-0.3, -0.25) is 9.48 Å². The van der Waals surface area contributed by atoms with Crippen molar-refractivity contribution < 1.29 is 13.6 Å². The Morgan fingerprint density at radius 3 is 2.46 bits per heavy atom. The van der Waals surface area contributed by atoms with Crippen LogP contribution < -0.4 is 10.2 Å². The van der Waals surface area contributed by atoms with Gasteiger partial charge in [0.05, 0.1) is 29.0 Å². The number of aromatic nitrogens is 2. The molecule has 1 aliphatic heterocycles. The number of carbonyl (C=O) groups is 1. The number of rotatable bonds is 4. The Morgan fingerprint density at radius 2 is 1.74 bits per heavy atom. The van der Waals surface area contributed by atoms with Gasteiger partial charge in [0.15, 0.2) is 0 Å². The van der Waals surface area contributed by atoms with E-state index >= 15 is 0 Å². The average molecular weight is 543 g/mol. The summed E-state index contributed by atoms with van der Waals surface area (Å²) in [5.74, 6) is -2.73. The van der Waals surface area contributed by atoms with E-state index in [1.165, 1.54) is 25.7 Å². The van der Waals surface area contributed by atoms with E-state index in [1.807, 2.05) is 41.1 Å². The number of fused-ring (bicyclic) bond motifs is 1. The molecule has 0 radical (unpaired) electrons. The molecule has 2 aromatic carbocycles. The molecular weight excluding hydrogens is 514 g/mol. The highest BCUT2D eigenvalue weighted by atomic mass is 79.9. The molecule has 0 bridgehead atoms. The maximum absolute atomic E-state index is 13.7. The van der Waals surface area contributed by atoms with Gasteiger partial charge in [0.2, 0.25) is 5.92 Å².